The molecule has 2 aromatic rings. The van der Waals surface area contributed by atoms with Gasteiger partial charge in [-0.05, 0) is 35.9 Å². The molecule has 1 amide bonds. The molecular weight excluding hydrogens is 347 g/mol. The number of hydrogen-bond donors (Lipinski definition) is 2. The second kappa shape index (κ2) is 6.14. The van der Waals surface area contributed by atoms with Gasteiger partial charge in [-0.3, -0.25) is 9.78 Å². The van der Waals surface area contributed by atoms with Gasteiger partial charge in [0.25, 0.3) is 5.91 Å². The molecular formula is C18H14F3N3O2. The number of hydrogen-bond acceptors (Lipinski definition) is 4. The fourth-order valence-corrected chi connectivity index (χ4v) is 2.98. The number of fused-ring (bicyclic) bond motifs is 1. The maximum Gasteiger partial charge on any atom is 0.433 e. The number of alkyl halides is 3. The number of morpholine rings is 1. The van der Waals surface area contributed by atoms with Crippen LogP contribution in [0.15, 0.2) is 54.4 Å². The van der Waals surface area contributed by atoms with Crippen LogP contribution in [-0.4, -0.2) is 23.5 Å². The van der Waals surface area contributed by atoms with Crippen molar-refractivity contribution in [2.24, 2.45) is 0 Å². The number of anilines is 1. The summed E-state index contributed by atoms with van der Waals surface area (Å²) in [5.74, 6) is -0.633. The summed E-state index contributed by atoms with van der Waals surface area (Å²) in [5, 5.41) is 5.84. The number of amides is 1. The van der Waals surface area contributed by atoms with Gasteiger partial charge in [-0.15, -0.1) is 0 Å². The molecule has 2 aliphatic rings. The molecule has 0 aliphatic carbocycles. The first-order chi connectivity index (χ1) is 12.4. The summed E-state index contributed by atoms with van der Waals surface area (Å²) in [7, 11) is 0. The van der Waals surface area contributed by atoms with E-state index in [-0.39, 0.29) is 17.8 Å². The number of carbonyl (C=O) groups is 1. The molecule has 5 nitrogen and oxygen atoms in total. The number of rotatable bonds is 3. The third kappa shape index (κ3) is 3.15. The molecule has 2 N–H and O–H groups in total. The molecule has 2 bridgehead atoms. The number of pyridine rings is 1. The summed E-state index contributed by atoms with van der Waals surface area (Å²) in [6, 6.07) is 8.98. The molecule has 134 valence electrons. The highest BCUT2D eigenvalue weighted by molar-refractivity contribution is 6.04. The molecule has 1 aromatic carbocycles. The van der Waals surface area contributed by atoms with Crippen LogP contribution in [0.4, 0.5) is 18.9 Å². The summed E-state index contributed by atoms with van der Waals surface area (Å²) in [5.41, 5.74) is 1.24. The number of ether oxygens (including phenoxy) is 1. The van der Waals surface area contributed by atoms with E-state index in [1.807, 2.05) is 18.2 Å². The highest BCUT2D eigenvalue weighted by Gasteiger charge is 2.34. The van der Waals surface area contributed by atoms with Gasteiger partial charge in [0.05, 0.1) is 6.10 Å². The summed E-state index contributed by atoms with van der Waals surface area (Å²) in [6.45, 7) is 0.784. The van der Waals surface area contributed by atoms with E-state index in [9.17, 15) is 18.0 Å². The maximum absolute atomic E-state index is 12.7. The summed E-state index contributed by atoms with van der Waals surface area (Å²) in [6.07, 6.45) is -1.64. The van der Waals surface area contributed by atoms with Crippen molar-refractivity contribution in [3.8, 4) is 0 Å². The number of benzene rings is 1. The fourth-order valence-electron chi connectivity index (χ4n) is 2.98. The van der Waals surface area contributed by atoms with Gasteiger partial charge in [-0.1, -0.05) is 12.1 Å². The van der Waals surface area contributed by atoms with E-state index < -0.39 is 17.8 Å². The lowest BCUT2D eigenvalue weighted by Gasteiger charge is -2.23. The van der Waals surface area contributed by atoms with Gasteiger partial charge < -0.3 is 15.4 Å². The largest absolute Gasteiger partial charge is 0.433 e. The molecule has 0 fully saturated rings. The molecule has 4 rings (SSSR count). The highest BCUT2D eigenvalue weighted by Crippen LogP contribution is 2.35. The zero-order valence-corrected chi connectivity index (χ0v) is 13.4. The Morgan fingerprint density at radius 3 is 2.62 bits per heavy atom. The van der Waals surface area contributed by atoms with Crippen molar-refractivity contribution >= 4 is 11.6 Å². The lowest BCUT2D eigenvalue weighted by atomic mass is 10.1. The van der Waals surface area contributed by atoms with E-state index in [2.05, 4.69) is 15.6 Å². The zero-order valence-electron chi connectivity index (χ0n) is 13.4. The van der Waals surface area contributed by atoms with Crippen molar-refractivity contribution in [3.05, 3.63) is 71.2 Å². The Morgan fingerprint density at radius 2 is 2.00 bits per heavy atom. The molecule has 2 atom stereocenters. The van der Waals surface area contributed by atoms with Crippen molar-refractivity contribution < 1.29 is 22.7 Å². The van der Waals surface area contributed by atoms with E-state index >= 15 is 0 Å². The smallest absolute Gasteiger partial charge is 0.383 e. The average molecular weight is 361 g/mol. The Kier molecular flexibility index (Phi) is 3.91. The molecule has 0 saturated heterocycles. The molecule has 0 unspecified atom stereocenters. The minimum atomic E-state index is -4.60. The number of aromatic nitrogens is 1. The Bertz CT molecular complexity index is 878. The fraction of sp³-hybridized carbons (Fsp3) is 0.222. The van der Waals surface area contributed by atoms with Crippen LogP contribution in [0.3, 0.4) is 0 Å². The maximum atomic E-state index is 12.7. The number of nitrogens with one attached hydrogen (secondary N) is 2. The van der Waals surface area contributed by atoms with Crippen LogP contribution >= 0.6 is 0 Å². The van der Waals surface area contributed by atoms with Gasteiger partial charge >= 0.3 is 6.18 Å². The summed E-state index contributed by atoms with van der Waals surface area (Å²) < 4.78 is 43.9. The number of carbonyl (C=O) groups excluding carboxylic acids is 1. The van der Waals surface area contributed by atoms with Gasteiger partial charge in [0, 0.05) is 29.7 Å². The molecule has 1 aromatic heterocycles. The minimum absolute atomic E-state index is 0.0869. The first-order valence-electron chi connectivity index (χ1n) is 7.96. The van der Waals surface area contributed by atoms with Crippen molar-refractivity contribution in [1.29, 1.82) is 0 Å². The zero-order chi connectivity index (χ0) is 18.3. The summed E-state index contributed by atoms with van der Waals surface area (Å²) >= 11 is 0. The van der Waals surface area contributed by atoms with E-state index in [0.717, 1.165) is 30.1 Å². The molecule has 2 aliphatic heterocycles. The first-order valence-corrected chi connectivity index (χ1v) is 7.96. The normalized spacial score (nSPS) is 21.3. The van der Waals surface area contributed by atoms with Gasteiger partial charge in [0.2, 0.25) is 0 Å². The van der Waals surface area contributed by atoms with E-state index in [1.54, 1.807) is 12.1 Å². The van der Waals surface area contributed by atoms with Crippen molar-refractivity contribution in [2.75, 3.05) is 11.9 Å². The highest BCUT2D eigenvalue weighted by atomic mass is 19.4. The van der Waals surface area contributed by atoms with Crippen molar-refractivity contribution in [3.63, 3.8) is 0 Å². The van der Waals surface area contributed by atoms with Gasteiger partial charge in [0.15, 0.2) is 0 Å². The van der Waals surface area contributed by atoms with E-state index in [0.29, 0.717) is 5.69 Å². The van der Waals surface area contributed by atoms with Gasteiger partial charge in [0.1, 0.15) is 11.8 Å². The van der Waals surface area contributed by atoms with Crippen LogP contribution in [-0.2, 0) is 10.9 Å². The third-order valence-corrected chi connectivity index (χ3v) is 4.25. The lowest BCUT2D eigenvalue weighted by Crippen LogP contribution is -2.28. The van der Waals surface area contributed by atoms with Gasteiger partial charge in [-0.2, -0.15) is 13.2 Å². The Morgan fingerprint density at radius 1 is 1.23 bits per heavy atom. The van der Waals surface area contributed by atoms with E-state index in [1.165, 1.54) is 6.07 Å². The minimum Gasteiger partial charge on any atom is -0.383 e. The SMILES string of the molecule is O=C(Nc1ccc([C@H]2O[C@H]3C=C2NC3)cc1)c1ccnc(C(F)(F)F)c1. The lowest BCUT2D eigenvalue weighted by molar-refractivity contribution is -0.141. The average Bonchev–Trinajstić information content (AvgIpc) is 3.25. The molecule has 3 heterocycles. The summed E-state index contributed by atoms with van der Waals surface area (Å²) in [4.78, 5) is 15.4. The second-order valence-electron chi connectivity index (χ2n) is 6.06. The van der Waals surface area contributed by atoms with Crippen molar-refractivity contribution in [1.82, 2.24) is 10.3 Å². The van der Waals surface area contributed by atoms with Gasteiger partial charge in [-0.25, -0.2) is 0 Å². The number of nitrogens with zero attached hydrogens (tertiary/aromatic N) is 1. The Hall–Kier alpha value is -2.87. The number of halogens is 3. The van der Waals surface area contributed by atoms with Crippen LogP contribution in [0.2, 0.25) is 0 Å². The predicted octanol–water partition coefficient (Wildman–Crippen LogP) is 3.28. The third-order valence-electron chi connectivity index (χ3n) is 4.25. The van der Waals surface area contributed by atoms with Crippen LogP contribution in [0.5, 0.6) is 0 Å². The van der Waals surface area contributed by atoms with Crippen molar-refractivity contribution in [2.45, 2.75) is 18.4 Å². The van der Waals surface area contributed by atoms with Crippen LogP contribution in [0.1, 0.15) is 27.7 Å². The first kappa shape index (κ1) is 16.6. The molecule has 0 saturated carbocycles. The predicted molar refractivity (Wildman–Crippen MR) is 87.3 cm³/mol. The molecule has 0 radical (unpaired) electrons. The Labute approximate surface area is 146 Å². The second-order valence-corrected chi connectivity index (χ2v) is 6.06. The van der Waals surface area contributed by atoms with E-state index in [4.69, 9.17) is 4.74 Å². The monoisotopic (exact) mass is 361 g/mol. The molecule has 26 heavy (non-hydrogen) atoms. The topological polar surface area (TPSA) is 63.2 Å². The quantitative estimate of drug-likeness (QED) is 0.881. The standard InChI is InChI=1S/C18H14F3N3O2/c19-18(20,21)15-7-11(5-6-22-15)17(25)24-12-3-1-10(2-4-12)16-14-8-13(26-16)9-23-14/h1-8,13,16,23H,9H2,(H,24,25)/t13-,16+/m0/s1. The van der Waals surface area contributed by atoms with Crippen LogP contribution in [0.25, 0.3) is 0 Å². The molecule has 0 spiro atoms. The van der Waals surface area contributed by atoms with Crippen LogP contribution in [0, 0.1) is 0 Å². The van der Waals surface area contributed by atoms with Crippen LogP contribution < -0.4 is 10.6 Å². The Balaban J connectivity index is 1.46. The molecule has 8 heteroatoms.